The van der Waals surface area contributed by atoms with Crippen LogP contribution in [0, 0.1) is 5.92 Å². The average Bonchev–Trinajstić information content (AvgIpc) is 2.87. The van der Waals surface area contributed by atoms with Crippen molar-refractivity contribution in [2.45, 2.75) is 19.0 Å². The molecule has 1 aromatic carbocycles. The Hall–Kier alpha value is -1.39. The number of hydrogen-bond acceptors (Lipinski definition) is 4. The molecule has 3 atom stereocenters. The van der Waals surface area contributed by atoms with Crippen LogP contribution < -0.4 is 5.32 Å². The van der Waals surface area contributed by atoms with Crippen molar-refractivity contribution in [2.75, 3.05) is 20.3 Å². The van der Waals surface area contributed by atoms with Crippen LogP contribution in [0.5, 0.6) is 0 Å². The highest BCUT2D eigenvalue weighted by molar-refractivity contribution is 5.73. The lowest BCUT2D eigenvalue weighted by Gasteiger charge is -2.22. The van der Waals surface area contributed by atoms with Crippen LogP contribution in [-0.4, -0.2) is 32.3 Å². The zero-order chi connectivity index (χ0) is 13.0. The van der Waals surface area contributed by atoms with E-state index in [4.69, 9.17) is 9.47 Å². The van der Waals surface area contributed by atoms with Gasteiger partial charge < -0.3 is 14.8 Å². The first kappa shape index (κ1) is 13.1. The Morgan fingerprint density at radius 2 is 2.11 bits per heavy atom. The second-order valence-corrected chi connectivity index (χ2v) is 4.57. The van der Waals surface area contributed by atoms with E-state index in [0.29, 0.717) is 13.2 Å². The molecule has 1 aliphatic rings. The first-order chi connectivity index (χ1) is 8.72. The minimum atomic E-state index is -0.207. The molecule has 0 spiro atoms. The molecule has 1 heterocycles. The Bertz CT molecular complexity index is 393. The topological polar surface area (TPSA) is 47.6 Å². The number of hydrogen-bond donors (Lipinski definition) is 1. The second kappa shape index (κ2) is 5.98. The van der Waals surface area contributed by atoms with E-state index < -0.39 is 0 Å². The first-order valence-corrected chi connectivity index (χ1v) is 6.19. The summed E-state index contributed by atoms with van der Waals surface area (Å²) in [5.41, 5.74) is 1.20. The maximum Gasteiger partial charge on any atom is 0.312 e. The molecule has 1 aromatic rings. The summed E-state index contributed by atoms with van der Waals surface area (Å²) in [6.07, 6.45) is 0. The lowest BCUT2D eigenvalue weighted by molar-refractivity contribution is -0.145. The van der Waals surface area contributed by atoms with Crippen LogP contribution in [0.4, 0.5) is 0 Å². The van der Waals surface area contributed by atoms with Gasteiger partial charge in [-0.25, -0.2) is 0 Å². The van der Waals surface area contributed by atoms with Gasteiger partial charge in [-0.2, -0.15) is 0 Å². The van der Waals surface area contributed by atoms with Crippen molar-refractivity contribution in [1.82, 2.24) is 5.32 Å². The fourth-order valence-corrected chi connectivity index (χ4v) is 2.26. The van der Waals surface area contributed by atoms with Gasteiger partial charge in [-0.05, 0) is 12.5 Å². The SMILES string of the molecule is COC(=O)[C@@H]1COC[C@H]1N[C@H](C)c1ccccc1. The third-order valence-corrected chi connectivity index (χ3v) is 3.35. The molecule has 18 heavy (non-hydrogen) atoms. The molecule has 1 fully saturated rings. The van der Waals surface area contributed by atoms with Gasteiger partial charge in [-0.15, -0.1) is 0 Å². The summed E-state index contributed by atoms with van der Waals surface area (Å²) in [5, 5.41) is 3.43. The van der Waals surface area contributed by atoms with Gasteiger partial charge in [0.1, 0.15) is 0 Å². The van der Waals surface area contributed by atoms with Gasteiger partial charge in [-0.1, -0.05) is 30.3 Å². The smallest absolute Gasteiger partial charge is 0.312 e. The minimum Gasteiger partial charge on any atom is -0.469 e. The predicted octanol–water partition coefficient (Wildman–Crippen LogP) is 1.53. The molecule has 0 amide bonds. The number of ether oxygens (including phenoxy) is 2. The summed E-state index contributed by atoms with van der Waals surface area (Å²) in [7, 11) is 1.42. The molecule has 4 nitrogen and oxygen atoms in total. The molecule has 0 radical (unpaired) electrons. The Kier molecular flexibility index (Phi) is 4.33. The number of carbonyl (C=O) groups excluding carboxylic acids is 1. The van der Waals surface area contributed by atoms with Crippen LogP contribution in [0.1, 0.15) is 18.5 Å². The van der Waals surface area contributed by atoms with Gasteiger partial charge in [0.15, 0.2) is 0 Å². The molecule has 0 unspecified atom stereocenters. The van der Waals surface area contributed by atoms with Gasteiger partial charge >= 0.3 is 5.97 Å². The third kappa shape index (κ3) is 2.89. The van der Waals surface area contributed by atoms with Crippen molar-refractivity contribution in [1.29, 1.82) is 0 Å². The fraction of sp³-hybridized carbons (Fsp3) is 0.500. The normalized spacial score (nSPS) is 24.8. The van der Waals surface area contributed by atoms with Crippen molar-refractivity contribution >= 4 is 5.97 Å². The maximum absolute atomic E-state index is 11.6. The highest BCUT2D eigenvalue weighted by atomic mass is 16.5. The van der Waals surface area contributed by atoms with Crippen molar-refractivity contribution in [3.63, 3.8) is 0 Å². The van der Waals surface area contributed by atoms with Crippen LogP contribution in [0.2, 0.25) is 0 Å². The lowest BCUT2D eigenvalue weighted by Crippen LogP contribution is -2.41. The Morgan fingerprint density at radius 1 is 1.39 bits per heavy atom. The van der Waals surface area contributed by atoms with Gasteiger partial charge in [0.25, 0.3) is 0 Å². The minimum absolute atomic E-state index is 0.0210. The van der Waals surface area contributed by atoms with E-state index in [1.165, 1.54) is 12.7 Å². The number of carbonyl (C=O) groups is 1. The summed E-state index contributed by atoms with van der Waals surface area (Å²) in [4.78, 5) is 11.6. The largest absolute Gasteiger partial charge is 0.469 e. The predicted molar refractivity (Wildman–Crippen MR) is 68.1 cm³/mol. The highest BCUT2D eigenvalue weighted by Gasteiger charge is 2.35. The van der Waals surface area contributed by atoms with E-state index in [-0.39, 0.29) is 24.0 Å². The van der Waals surface area contributed by atoms with Crippen LogP contribution in [0.15, 0.2) is 30.3 Å². The van der Waals surface area contributed by atoms with Crippen molar-refractivity contribution in [2.24, 2.45) is 5.92 Å². The molecular formula is C14H19NO3. The zero-order valence-electron chi connectivity index (χ0n) is 10.8. The standard InChI is InChI=1S/C14H19NO3/c1-10(11-6-4-3-5-7-11)15-13-9-18-8-12(13)14(16)17-2/h3-7,10,12-13,15H,8-9H2,1-2H3/t10-,12-,13-/m1/s1. The number of rotatable bonds is 4. The molecule has 0 bridgehead atoms. The lowest BCUT2D eigenvalue weighted by atomic mass is 10.0. The monoisotopic (exact) mass is 249 g/mol. The molecule has 4 heteroatoms. The number of nitrogens with one attached hydrogen (secondary N) is 1. The Balaban J connectivity index is 1.98. The Morgan fingerprint density at radius 3 is 2.78 bits per heavy atom. The summed E-state index contributed by atoms with van der Waals surface area (Å²) in [6.45, 7) is 3.07. The van der Waals surface area contributed by atoms with E-state index in [1.807, 2.05) is 18.2 Å². The third-order valence-electron chi connectivity index (χ3n) is 3.35. The number of methoxy groups -OCH3 is 1. The molecule has 0 saturated carbocycles. The molecule has 0 aliphatic carbocycles. The van der Waals surface area contributed by atoms with E-state index in [9.17, 15) is 4.79 Å². The van der Waals surface area contributed by atoms with Crippen molar-refractivity contribution < 1.29 is 14.3 Å². The summed E-state index contributed by atoms with van der Waals surface area (Å²) in [6, 6.07) is 10.4. The summed E-state index contributed by atoms with van der Waals surface area (Å²) < 4.78 is 10.2. The van der Waals surface area contributed by atoms with Crippen molar-refractivity contribution in [3.8, 4) is 0 Å². The molecule has 0 aromatic heterocycles. The van der Waals surface area contributed by atoms with Crippen LogP contribution >= 0.6 is 0 Å². The van der Waals surface area contributed by atoms with Gasteiger partial charge in [0.05, 0.1) is 26.2 Å². The molecule has 2 rings (SSSR count). The maximum atomic E-state index is 11.6. The Labute approximate surface area is 107 Å². The van der Waals surface area contributed by atoms with E-state index in [2.05, 4.69) is 24.4 Å². The van der Waals surface area contributed by atoms with Crippen LogP contribution in [0.3, 0.4) is 0 Å². The molecule has 1 aliphatic heterocycles. The zero-order valence-corrected chi connectivity index (χ0v) is 10.8. The van der Waals surface area contributed by atoms with Gasteiger partial charge in [0, 0.05) is 12.1 Å². The molecule has 1 N–H and O–H groups in total. The van der Waals surface area contributed by atoms with Gasteiger partial charge in [-0.3, -0.25) is 4.79 Å². The van der Waals surface area contributed by atoms with E-state index in [1.54, 1.807) is 0 Å². The fourth-order valence-electron chi connectivity index (χ4n) is 2.26. The number of esters is 1. The van der Waals surface area contributed by atoms with Crippen LogP contribution in [0.25, 0.3) is 0 Å². The summed E-state index contributed by atoms with van der Waals surface area (Å²) >= 11 is 0. The van der Waals surface area contributed by atoms with E-state index >= 15 is 0 Å². The quantitative estimate of drug-likeness (QED) is 0.822. The molecular weight excluding hydrogens is 230 g/mol. The highest BCUT2D eigenvalue weighted by Crippen LogP contribution is 2.20. The van der Waals surface area contributed by atoms with Crippen LogP contribution in [-0.2, 0) is 14.3 Å². The van der Waals surface area contributed by atoms with Gasteiger partial charge in [0.2, 0.25) is 0 Å². The first-order valence-electron chi connectivity index (χ1n) is 6.19. The van der Waals surface area contributed by atoms with E-state index in [0.717, 1.165) is 0 Å². The molecule has 1 saturated heterocycles. The number of benzene rings is 1. The summed E-state index contributed by atoms with van der Waals surface area (Å²) in [5.74, 6) is -0.411. The van der Waals surface area contributed by atoms with Crippen molar-refractivity contribution in [3.05, 3.63) is 35.9 Å². The average molecular weight is 249 g/mol. The second-order valence-electron chi connectivity index (χ2n) is 4.57. The molecule has 98 valence electrons.